The Morgan fingerprint density at radius 3 is 2.69 bits per heavy atom. The first kappa shape index (κ1) is 20.4. The van der Waals surface area contributed by atoms with Gasteiger partial charge in [0.05, 0.1) is 35.9 Å². The molecule has 1 aromatic carbocycles. The van der Waals surface area contributed by atoms with Gasteiger partial charge in [0.15, 0.2) is 0 Å². The number of benzene rings is 1. The number of ether oxygens (including phenoxy) is 1. The Morgan fingerprint density at radius 1 is 1.06 bits per heavy atom. The average molecular weight is 436 g/mol. The molecule has 2 saturated carbocycles. The monoisotopic (exact) mass is 435 g/mol. The number of hydrogen-bond acceptors (Lipinski definition) is 6. The van der Waals surface area contributed by atoms with Crippen LogP contribution in [0.1, 0.15) is 38.5 Å². The lowest BCUT2D eigenvalue weighted by Crippen LogP contribution is -2.61. The number of hydrogen-bond donors (Lipinski definition) is 1. The molecule has 4 aliphatic rings. The van der Waals surface area contributed by atoms with Crippen molar-refractivity contribution in [2.45, 2.75) is 50.6 Å². The van der Waals surface area contributed by atoms with Crippen LogP contribution in [0.4, 0.5) is 5.82 Å². The number of fused-ring (bicyclic) bond motifs is 2. The maximum absolute atomic E-state index is 13.7. The number of carbonyl (C=O) groups is 1. The van der Waals surface area contributed by atoms with E-state index in [2.05, 4.69) is 20.1 Å². The zero-order valence-corrected chi connectivity index (χ0v) is 18.7. The van der Waals surface area contributed by atoms with E-state index in [-0.39, 0.29) is 11.3 Å². The normalized spacial score (nSPS) is 31.3. The van der Waals surface area contributed by atoms with Crippen LogP contribution in [-0.4, -0.2) is 72.3 Å². The number of rotatable bonds is 4. The maximum atomic E-state index is 13.7. The van der Waals surface area contributed by atoms with Gasteiger partial charge >= 0.3 is 0 Å². The van der Waals surface area contributed by atoms with Crippen molar-refractivity contribution in [2.24, 2.45) is 11.3 Å². The highest BCUT2D eigenvalue weighted by Gasteiger charge is 2.53. The first-order chi connectivity index (χ1) is 15.7. The van der Waals surface area contributed by atoms with E-state index in [1.165, 1.54) is 0 Å². The molecule has 2 saturated heterocycles. The van der Waals surface area contributed by atoms with Crippen LogP contribution in [0.3, 0.4) is 0 Å². The third kappa shape index (κ3) is 3.75. The third-order valence-electron chi connectivity index (χ3n) is 8.17. The molecule has 7 heteroatoms. The topological polar surface area (TPSA) is 70.6 Å². The number of carbonyl (C=O) groups excluding carboxylic acids is 1. The highest BCUT2D eigenvalue weighted by molar-refractivity contribution is 5.85. The summed E-state index contributed by atoms with van der Waals surface area (Å²) in [5, 5.41) is 3.37. The number of morpholine rings is 1. The van der Waals surface area contributed by atoms with Gasteiger partial charge in [0.25, 0.3) is 0 Å². The summed E-state index contributed by atoms with van der Waals surface area (Å²) in [6, 6.07) is 8.98. The summed E-state index contributed by atoms with van der Waals surface area (Å²) in [7, 11) is 0. The second-order valence-electron chi connectivity index (χ2n) is 10.1. The lowest BCUT2D eigenvalue weighted by atomic mass is 9.61. The van der Waals surface area contributed by atoms with E-state index in [1.807, 2.05) is 30.5 Å². The van der Waals surface area contributed by atoms with E-state index in [9.17, 15) is 4.79 Å². The molecule has 1 N–H and O–H groups in total. The minimum atomic E-state index is -0.322. The summed E-state index contributed by atoms with van der Waals surface area (Å²) >= 11 is 0. The van der Waals surface area contributed by atoms with Crippen LogP contribution >= 0.6 is 0 Å². The molecule has 1 amide bonds. The number of anilines is 1. The Balaban J connectivity index is 1.26. The molecule has 6 rings (SSSR count). The van der Waals surface area contributed by atoms with Gasteiger partial charge in [-0.15, -0.1) is 0 Å². The molecule has 0 unspecified atom stereocenters. The van der Waals surface area contributed by atoms with E-state index >= 15 is 0 Å². The average Bonchev–Trinajstić information content (AvgIpc) is 3.67. The number of piperidine rings is 1. The molecule has 0 spiro atoms. The number of aromatic nitrogens is 2. The second kappa shape index (κ2) is 8.27. The lowest BCUT2D eigenvalue weighted by molar-refractivity contribution is -0.139. The van der Waals surface area contributed by atoms with Crippen molar-refractivity contribution >= 4 is 22.8 Å². The van der Waals surface area contributed by atoms with Crippen LogP contribution in [-0.2, 0) is 9.53 Å². The Morgan fingerprint density at radius 2 is 1.88 bits per heavy atom. The maximum Gasteiger partial charge on any atom is 0.228 e. The molecule has 2 aliphatic carbocycles. The van der Waals surface area contributed by atoms with Crippen LogP contribution < -0.4 is 10.2 Å². The summed E-state index contributed by atoms with van der Waals surface area (Å²) < 4.78 is 5.57. The molecule has 170 valence electrons. The fraction of sp³-hybridized carbons (Fsp3) is 0.640. The Bertz CT molecular complexity index is 989. The highest BCUT2D eigenvalue weighted by atomic mass is 16.5. The summed E-state index contributed by atoms with van der Waals surface area (Å²) in [5.74, 6) is 1.60. The molecule has 2 aromatic rings. The predicted octanol–water partition coefficient (Wildman–Crippen LogP) is 2.61. The minimum Gasteiger partial charge on any atom is -0.379 e. The van der Waals surface area contributed by atoms with Crippen molar-refractivity contribution in [1.82, 2.24) is 20.2 Å². The smallest absolute Gasteiger partial charge is 0.228 e. The molecular weight excluding hydrogens is 402 g/mol. The Kier molecular flexibility index (Phi) is 5.26. The standard InChI is InChI=1S/C25H33N5O2/c31-24(27-19-5-6-19)25-9-7-20(29-11-13-32-14-12-29)15-18(25)8-10-30(17-25)23-16-26-21-3-1-2-4-22(21)28-23/h1-4,16,18-20H,5-15,17H2,(H,27,31)/t18-,20+,25-/m1/s1. The van der Waals surface area contributed by atoms with Crippen LogP contribution in [0.15, 0.2) is 30.5 Å². The highest BCUT2D eigenvalue weighted by Crippen LogP contribution is 2.49. The van der Waals surface area contributed by atoms with Gasteiger partial charge in [-0.2, -0.15) is 0 Å². The third-order valence-corrected chi connectivity index (χ3v) is 8.17. The van der Waals surface area contributed by atoms with E-state index in [4.69, 9.17) is 9.72 Å². The fourth-order valence-corrected chi connectivity index (χ4v) is 6.13. The molecule has 0 bridgehead atoms. The van der Waals surface area contributed by atoms with Gasteiger partial charge in [0.2, 0.25) is 5.91 Å². The Labute approximate surface area is 189 Å². The summed E-state index contributed by atoms with van der Waals surface area (Å²) in [6.07, 6.45) is 8.34. The molecule has 32 heavy (non-hydrogen) atoms. The number of amides is 1. The van der Waals surface area contributed by atoms with Crippen LogP contribution in [0.2, 0.25) is 0 Å². The quantitative estimate of drug-likeness (QED) is 0.796. The van der Waals surface area contributed by atoms with Crippen molar-refractivity contribution < 1.29 is 9.53 Å². The van der Waals surface area contributed by atoms with Gasteiger partial charge in [-0.25, -0.2) is 4.98 Å². The van der Waals surface area contributed by atoms with Crippen LogP contribution in [0, 0.1) is 11.3 Å². The van der Waals surface area contributed by atoms with Gasteiger partial charge < -0.3 is 15.0 Å². The summed E-state index contributed by atoms with van der Waals surface area (Å²) in [6.45, 7) is 5.41. The van der Waals surface area contributed by atoms with E-state index in [0.717, 1.165) is 94.8 Å². The number of para-hydroxylation sites is 2. The van der Waals surface area contributed by atoms with Crippen molar-refractivity contribution in [1.29, 1.82) is 0 Å². The van der Waals surface area contributed by atoms with Crippen molar-refractivity contribution in [2.75, 3.05) is 44.3 Å². The lowest BCUT2D eigenvalue weighted by Gasteiger charge is -2.53. The van der Waals surface area contributed by atoms with Gasteiger partial charge in [-0.1, -0.05) is 12.1 Å². The zero-order valence-electron chi connectivity index (χ0n) is 18.7. The SMILES string of the molecule is O=C(NC1CC1)[C@@]12CC[C@H](N3CCOCC3)C[C@H]1CCN(c1cnc3ccccc3n1)C2. The van der Waals surface area contributed by atoms with Crippen molar-refractivity contribution in [3.05, 3.63) is 30.5 Å². The van der Waals surface area contributed by atoms with E-state index < -0.39 is 0 Å². The molecule has 0 radical (unpaired) electrons. The van der Waals surface area contributed by atoms with Gasteiger partial charge in [0.1, 0.15) is 5.82 Å². The summed E-state index contributed by atoms with van der Waals surface area (Å²) in [4.78, 5) is 28.1. The predicted molar refractivity (Wildman–Crippen MR) is 123 cm³/mol. The number of nitrogens with one attached hydrogen (secondary N) is 1. The van der Waals surface area contributed by atoms with E-state index in [1.54, 1.807) is 0 Å². The second-order valence-corrected chi connectivity index (χ2v) is 10.1. The van der Waals surface area contributed by atoms with Gasteiger partial charge in [-0.05, 0) is 56.6 Å². The molecule has 7 nitrogen and oxygen atoms in total. The largest absolute Gasteiger partial charge is 0.379 e. The minimum absolute atomic E-state index is 0.281. The molecule has 3 heterocycles. The first-order valence-corrected chi connectivity index (χ1v) is 12.3. The van der Waals surface area contributed by atoms with E-state index in [0.29, 0.717) is 18.0 Å². The zero-order chi connectivity index (χ0) is 21.5. The van der Waals surface area contributed by atoms with Crippen LogP contribution in [0.25, 0.3) is 11.0 Å². The van der Waals surface area contributed by atoms with Crippen molar-refractivity contribution in [3.8, 4) is 0 Å². The molecule has 2 aliphatic heterocycles. The fourth-order valence-electron chi connectivity index (χ4n) is 6.13. The number of nitrogens with zero attached hydrogens (tertiary/aromatic N) is 4. The first-order valence-electron chi connectivity index (χ1n) is 12.3. The summed E-state index contributed by atoms with van der Waals surface area (Å²) in [5.41, 5.74) is 1.51. The van der Waals surface area contributed by atoms with Gasteiger partial charge in [-0.3, -0.25) is 14.7 Å². The van der Waals surface area contributed by atoms with Crippen molar-refractivity contribution in [3.63, 3.8) is 0 Å². The molecular formula is C25H33N5O2. The Hall–Kier alpha value is -2.25. The molecule has 1 aromatic heterocycles. The molecule has 3 atom stereocenters. The molecule has 4 fully saturated rings. The van der Waals surface area contributed by atoms with Gasteiger partial charge in [0, 0.05) is 38.3 Å². The van der Waals surface area contributed by atoms with Crippen LogP contribution in [0.5, 0.6) is 0 Å².